The van der Waals surface area contributed by atoms with Crippen molar-refractivity contribution in [1.29, 1.82) is 0 Å². The monoisotopic (exact) mass is 415 g/mol. The molecule has 0 aliphatic heterocycles. The van der Waals surface area contributed by atoms with Gasteiger partial charge in [0.15, 0.2) is 17.2 Å². The molecule has 4 rings (SSSR count). The van der Waals surface area contributed by atoms with E-state index in [0.717, 1.165) is 6.08 Å². The quantitative estimate of drug-likeness (QED) is 0.679. The van der Waals surface area contributed by atoms with Crippen LogP contribution < -0.4 is 0 Å². The van der Waals surface area contributed by atoms with Crippen LogP contribution in [0.5, 0.6) is 0 Å². The van der Waals surface area contributed by atoms with E-state index in [1.165, 1.54) is 19.9 Å². The average molecular weight is 416 g/mol. The summed E-state index contributed by atoms with van der Waals surface area (Å²) in [5.41, 5.74) is -8.35. The highest BCUT2D eigenvalue weighted by molar-refractivity contribution is 6.29. The zero-order chi connectivity index (χ0) is 25.2. The van der Waals surface area contributed by atoms with Crippen LogP contribution in [0.4, 0.5) is 4.39 Å². The molecule has 2 N–H and O–H groups in total. The molecule has 0 bridgehead atoms. The number of hydrogen-bond acceptors (Lipinski definition) is 4. The van der Waals surface area contributed by atoms with Gasteiger partial charge in [-0.05, 0) is 56.5 Å². The number of hydrogen-bond donors (Lipinski definition) is 2. The smallest absolute Gasteiger partial charge is 0.179 e. The Bertz CT molecular complexity index is 1010. The molecule has 4 nitrogen and oxygen atoms in total. The fraction of sp³-hybridized carbons (Fsp3) is 0.727. The molecule has 8 atom stereocenters. The van der Waals surface area contributed by atoms with Crippen LogP contribution in [-0.2, 0) is 9.59 Å². The highest BCUT2D eigenvalue weighted by atomic mass is 35.5. The van der Waals surface area contributed by atoms with Crippen molar-refractivity contribution < 1.29 is 31.0 Å². The number of aliphatic hydroxyl groups excluding tert-OH is 1. The molecule has 0 saturated heterocycles. The Morgan fingerprint density at radius 1 is 1.50 bits per heavy atom. The predicted molar refractivity (Wildman–Crippen MR) is 104 cm³/mol. The predicted octanol–water partition coefficient (Wildman–Crippen LogP) is 3.14. The summed E-state index contributed by atoms with van der Waals surface area (Å²) in [5, 5.41) is 22.9. The first-order chi connectivity index (χ1) is 14.8. The van der Waals surface area contributed by atoms with Crippen molar-refractivity contribution in [2.45, 2.75) is 63.8 Å². The molecule has 0 aromatic rings. The first-order valence-corrected chi connectivity index (χ1v) is 9.96. The SMILES string of the molecule is [2H]C1=C2C([2H])([2H])C[C@H]3[C@@H]4C[C@H](C)[C@](O)(C(=O)C([2H])([2H])Cl)[C@@]4(C)C[C@H](O)[C@]3(F)[C@@]2(C)C=CC1=O. The minimum Gasteiger partial charge on any atom is -0.390 e. The van der Waals surface area contributed by atoms with Gasteiger partial charge in [0.2, 0.25) is 0 Å². The molecule has 0 radical (unpaired) electrons. The van der Waals surface area contributed by atoms with E-state index in [1.54, 1.807) is 6.92 Å². The van der Waals surface area contributed by atoms with Gasteiger partial charge in [0.05, 0.1) is 16.0 Å². The normalized spacial score (nSPS) is 57.8. The summed E-state index contributed by atoms with van der Waals surface area (Å²) < 4.78 is 58.1. The topological polar surface area (TPSA) is 74.6 Å². The highest BCUT2D eigenvalue weighted by Gasteiger charge is 2.75. The van der Waals surface area contributed by atoms with E-state index in [-0.39, 0.29) is 12.0 Å². The van der Waals surface area contributed by atoms with E-state index >= 15 is 4.39 Å². The number of carbonyl (C=O) groups is 2. The fourth-order valence-corrected chi connectivity index (χ4v) is 6.76. The fourth-order valence-electron chi connectivity index (χ4n) is 6.62. The van der Waals surface area contributed by atoms with Crippen molar-refractivity contribution in [2.75, 3.05) is 5.83 Å². The minimum absolute atomic E-state index is 0.0936. The van der Waals surface area contributed by atoms with Gasteiger partial charge in [-0.2, -0.15) is 0 Å². The molecule has 3 fully saturated rings. The van der Waals surface area contributed by atoms with Gasteiger partial charge in [0, 0.05) is 19.5 Å². The zero-order valence-corrected chi connectivity index (χ0v) is 16.8. The van der Waals surface area contributed by atoms with Gasteiger partial charge in [-0.1, -0.05) is 25.5 Å². The van der Waals surface area contributed by atoms with Gasteiger partial charge in [-0.3, -0.25) is 9.59 Å². The third-order valence-electron chi connectivity index (χ3n) is 8.20. The summed E-state index contributed by atoms with van der Waals surface area (Å²) in [5.74, 6) is -7.66. The number of alkyl halides is 2. The van der Waals surface area contributed by atoms with E-state index in [1.807, 2.05) is 0 Å². The van der Waals surface area contributed by atoms with Crippen LogP contribution >= 0.6 is 11.6 Å². The lowest BCUT2D eigenvalue weighted by Gasteiger charge is -2.62. The maximum absolute atomic E-state index is 17.2. The van der Waals surface area contributed by atoms with Crippen molar-refractivity contribution in [3.63, 3.8) is 0 Å². The van der Waals surface area contributed by atoms with E-state index in [9.17, 15) is 19.8 Å². The molecule has 0 spiro atoms. The molecule has 154 valence electrons. The molecule has 4 aliphatic rings. The lowest BCUT2D eigenvalue weighted by Crippen LogP contribution is -2.69. The Kier molecular flexibility index (Phi) is 3.18. The van der Waals surface area contributed by atoms with Gasteiger partial charge < -0.3 is 10.2 Å². The first kappa shape index (κ1) is 14.9. The van der Waals surface area contributed by atoms with E-state index in [2.05, 4.69) is 0 Å². The standard InChI is InChI=1S/C22H28ClFO4/c1-12-8-16-15-5-4-13-9-14(25)6-7-19(13,2)21(15,24)17(26)10-20(16,3)22(12,28)18(27)11-23/h6-7,9,12,15-17,26,28H,4-5,8,10-11H2,1-3H3/t12-,15-,16-,17-,19-,20-,21-,22-/m0/s1/i4D2,9D,11D2. The van der Waals surface area contributed by atoms with Crippen LogP contribution in [0.3, 0.4) is 0 Å². The average Bonchev–Trinajstić information content (AvgIpc) is 2.87. The van der Waals surface area contributed by atoms with Gasteiger partial charge >= 0.3 is 0 Å². The first-order valence-electron chi connectivity index (χ1n) is 12.1. The van der Waals surface area contributed by atoms with Gasteiger partial charge in [-0.15, -0.1) is 11.6 Å². The number of ketones is 2. The van der Waals surface area contributed by atoms with Crippen LogP contribution in [-0.4, -0.2) is 45.0 Å². The van der Waals surface area contributed by atoms with Crippen LogP contribution in [0.15, 0.2) is 23.8 Å². The molecule has 0 aromatic carbocycles. The Hall–Kier alpha value is -1.04. The van der Waals surface area contributed by atoms with Gasteiger partial charge in [0.25, 0.3) is 0 Å². The van der Waals surface area contributed by atoms with Crippen molar-refractivity contribution in [2.24, 2.45) is 28.6 Å². The summed E-state index contributed by atoms with van der Waals surface area (Å²) in [4.78, 5) is 25.2. The van der Waals surface area contributed by atoms with Crippen LogP contribution in [0.1, 0.15) is 53.3 Å². The second-order valence-corrected chi connectivity index (χ2v) is 9.41. The maximum Gasteiger partial charge on any atom is 0.179 e. The Morgan fingerprint density at radius 3 is 2.82 bits per heavy atom. The number of carbonyl (C=O) groups excluding carboxylic acids is 2. The maximum atomic E-state index is 17.2. The van der Waals surface area contributed by atoms with Crippen molar-refractivity contribution in [3.8, 4) is 0 Å². The Balaban J connectivity index is 1.93. The number of aliphatic hydroxyl groups is 2. The molecule has 28 heavy (non-hydrogen) atoms. The molecule has 0 aromatic heterocycles. The van der Waals surface area contributed by atoms with E-state index < -0.39 is 88.6 Å². The highest BCUT2D eigenvalue weighted by Crippen LogP contribution is 2.70. The Labute approximate surface area is 176 Å². The summed E-state index contributed by atoms with van der Waals surface area (Å²) >= 11 is 5.66. The van der Waals surface area contributed by atoms with E-state index in [0.29, 0.717) is 0 Å². The third-order valence-corrected chi connectivity index (χ3v) is 8.37. The van der Waals surface area contributed by atoms with Gasteiger partial charge in [0.1, 0.15) is 5.60 Å². The lowest BCUT2D eigenvalue weighted by molar-refractivity contribution is -0.218. The van der Waals surface area contributed by atoms with Crippen LogP contribution in [0.2, 0.25) is 0 Å². The molecule has 4 aliphatic carbocycles. The molecule has 0 unspecified atom stereocenters. The number of fused-ring (bicyclic) bond motifs is 5. The van der Waals surface area contributed by atoms with E-state index in [4.69, 9.17) is 18.5 Å². The molecular weight excluding hydrogens is 383 g/mol. The molecule has 6 heteroatoms. The molecule has 0 amide bonds. The van der Waals surface area contributed by atoms with Crippen LogP contribution in [0.25, 0.3) is 0 Å². The second kappa shape index (κ2) is 5.99. The molecule has 3 saturated carbocycles. The van der Waals surface area contributed by atoms with Crippen molar-refractivity contribution in [3.05, 3.63) is 23.8 Å². The van der Waals surface area contributed by atoms with Gasteiger partial charge in [-0.25, -0.2) is 4.39 Å². The number of halogens is 2. The largest absolute Gasteiger partial charge is 0.390 e. The molecular formula is C22H28ClFO4. The number of Topliss-reactive ketones (excluding diaryl/α,β-unsaturated/α-hetero) is 1. The summed E-state index contributed by atoms with van der Waals surface area (Å²) in [6, 6.07) is -0.622. The Morgan fingerprint density at radius 2 is 2.18 bits per heavy atom. The lowest BCUT2D eigenvalue weighted by atomic mass is 9.44. The number of allylic oxidation sites excluding steroid dienone is 4. The minimum atomic E-state index is -2.88. The number of rotatable bonds is 2. The van der Waals surface area contributed by atoms with Crippen molar-refractivity contribution in [1.82, 2.24) is 0 Å². The van der Waals surface area contributed by atoms with Crippen LogP contribution in [0, 0.1) is 28.6 Å². The second-order valence-electron chi connectivity index (χ2n) is 9.23. The zero-order valence-electron chi connectivity index (χ0n) is 21.1. The summed E-state index contributed by atoms with van der Waals surface area (Å²) in [6.45, 7) is 4.43. The summed E-state index contributed by atoms with van der Waals surface area (Å²) in [6.07, 6.45) is -2.53. The third kappa shape index (κ3) is 2.08. The summed E-state index contributed by atoms with van der Waals surface area (Å²) in [7, 11) is 0. The molecule has 0 heterocycles. The van der Waals surface area contributed by atoms with Crippen molar-refractivity contribution >= 4 is 23.2 Å².